The van der Waals surface area contributed by atoms with E-state index in [9.17, 15) is 19.7 Å². The van der Waals surface area contributed by atoms with Gasteiger partial charge in [0.05, 0.1) is 16.7 Å². The van der Waals surface area contributed by atoms with Crippen LogP contribution in [0, 0.1) is 16.0 Å². The van der Waals surface area contributed by atoms with Crippen molar-refractivity contribution in [2.24, 2.45) is 5.92 Å². The van der Waals surface area contributed by atoms with E-state index in [0.717, 1.165) is 44.5 Å². The van der Waals surface area contributed by atoms with Crippen molar-refractivity contribution in [3.63, 3.8) is 0 Å². The van der Waals surface area contributed by atoms with Crippen LogP contribution in [0.5, 0.6) is 0 Å². The molecule has 4 rings (SSSR count). The molecule has 180 valence electrons. The summed E-state index contributed by atoms with van der Waals surface area (Å²) in [5, 5.41) is 14.9. The molecule has 0 bridgehead atoms. The number of nitro groups is 1. The molecule has 1 N–H and O–H groups in total. The SMILES string of the molecule is CC(Nc1ccc(C(=O)N2CCC(CC(=O)N3CCCC3)CC2)cc1[N+](=O)[O-])c1ccccn1. The Labute approximate surface area is 199 Å². The highest BCUT2D eigenvalue weighted by Gasteiger charge is 2.28. The Morgan fingerprint density at radius 3 is 2.50 bits per heavy atom. The first-order valence-electron chi connectivity index (χ1n) is 12.0. The Kier molecular flexibility index (Phi) is 7.40. The number of carbonyl (C=O) groups excluding carboxylic acids is 2. The number of nitrogens with zero attached hydrogens (tertiary/aromatic N) is 4. The Hall–Kier alpha value is -3.49. The van der Waals surface area contributed by atoms with Crippen molar-refractivity contribution < 1.29 is 14.5 Å². The van der Waals surface area contributed by atoms with Crippen molar-refractivity contribution in [1.82, 2.24) is 14.8 Å². The molecular formula is C25H31N5O4. The lowest BCUT2D eigenvalue weighted by Crippen LogP contribution is -2.40. The number of amides is 2. The van der Waals surface area contributed by atoms with E-state index < -0.39 is 4.92 Å². The number of benzene rings is 1. The summed E-state index contributed by atoms with van der Waals surface area (Å²) in [7, 11) is 0. The van der Waals surface area contributed by atoms with Crippen LogP contribution in [0.15, 0.2) is 42.6 Å². The van der Waals surface area contributed by atoms with E-state index >= 15 is 0 Å². The predicted octanol–water partition coefficient (Wildman–Crippen LogP) is 4.03. The minimum atomic E-state index is -0.472. The lowest BCUT2D eigenvalue weighted by atomic mass is 9.92. The fourth-order valence-corrected chi connectivity index (χ4v) is 4.74. The van der Waals surface area contributed by atoms with Gasteiger partial charge < -0.3 is 15.1 Å². The predicted molar refractivity (Wildman–Crippen MR) is 128 cm³/mol. The highest BCUT2D eigenvalue weighted by atomic mass is 16.6. The number of pyridine rings is 1. The number of nitro benzene ring substituents is 1. The minimum absolute atomic E-state index is 0.139. The van der Waals surface area contributed by atoms with Crippen molar-refractivity contribution >= 4 is 23.2 Å². The first-order chi connectivity index (χ1) is 16.4. The summed E-state index contributed by atoms with van der Waals surface area (Å²) in [6.45, 7) is 4.72. The number of carbonyl (C=O) groups is 2. The molecule has 1 aromatic heterocycles. The van der Waals surface area contributed by atoms with Crippen LogP contribution in [0.25, 0.3) is 0 Å². The van der Waals surface area contributed by atoms with Gasteiger partial charge in [0, 0.05) is 50.4 Å². The second-order valence-corrected chi connectivity index (χ2v) is 9.14. The van der Waals surface area contributed by atoms with E-state index in [-0.39, 0.29) is 29.5 Å². The molecule has 2 aromatic rings. The fraction of sp³-hybridized carbons (Fsp3) is 0.480. The lowest BCUT2D eigenvalue weighted by molar-refractivity contribution is -0.384. The van der Waals surface area contributed by atoms with E-state index in [2.05, 4.69) is 10.3 Å². The number of piperidine rings is 1. The van der Waals surface area contributed by atoms with Crippen LogP contribution >= 0.6 is 0 Å². The normalized spacial score (nSPS) is 17.4. The minimum Gasteiger partial charge on any atom is -0.371 e. The van der Waals surface area contributed by atoms with Gasteiger partial charge in [0.15, 0.2) is 0 Å². The molecule has 2 fully saturated rings. The van der Waals surface area contributed by atoms with Crippen LogP contribution in [0.2, 0.25) is 0 Å². The molecule has 2 amide bonds. The molecule has 0 spiro atoms. The van der Waals surface area contributed by atoms with Gasteiger partial charge in [0.2, 0.25) is 5.91 Å². The molecule has 3 heterocycles. The fourth-order valence-electron chi connectivity index (χ4n) is 4.74. The van der Waals surface area contributed by atoms with Crippen LogP contribution in [0.4, 0.5) is 11.4 Å². The Morgan fingerprint density at radius 1 is 1.12 bits per heavy atom. The zero-order valence-corrected chi connectivity index (χ0v) is 19.5. The number of nitrogens with one attached hydrogen (secondary N) is 1. The molecule has 0 aliphatic carbocycles. The van der Waals surface area contributed by atoms with Gasteiger partial charge in [-0.2, -0.15) is 0 Å². The first-order valence-corrected chi connectivity index (χ1v) is 12.0. The van der Waals surface area contributed by atoms with Crippen molar-refractivity contribution in [2.75, 3.05) is 31.5 Å². The van der Waals surface area contributed by atoms with Crippen molar-refractivity contribution in [1.29, 1.82) is 0 Å². The Bertz CT molecular complexity index is 1030. The summed E-state index contributed by atoms with van der Waals surface area (Å²) in [6.07, 6.45) is 5.93. The summed E-state index contributed by atoms with van der Waals surface area (Å²) in [6, 6.07) is 9.86. The maximum Gasteiger partial charge on any atom is 0.293 e. The Morgan fingerprint density at radius 2 is 1.85 bits per heavy atom. The monoisotopic (exact) mass is 465 g/mol. The second kappa shape index (κ2) is 10.6. The van der Waals surface area contributed by atoms with Gasteiger partial charge >= 0.3 is 0 Å². The van der Waals surface area contributed by atoms with Gasteiger partial charge in [-0.25, -0.2) is 0 Å². The number of rotatable bonds is 7. The number of hydrogen-bond donors (Lipinski definition) is 1. The van der Waals surface area contributed by atoms with E-state index in [1.165, 1.54) is 6.07 Å². The topological polar surface area (TPSA) is 109 Å². The van der Waals surface area contributed by atoms with Gasteiger partial charge in [0.1, 0.15) is 5.69 Å². The van der Waals surface area contributed by atoms with Crippen molar-refractivity contribution in [3.8, 4) is 0 Å². The summed E-state index contributed by atoms with van der Waals surface area (Å²) in [5.41, 5.74) is 1.27. The third-order valence-corrected chi connectivity index (χ3v) is 6.77. The summed E-state index contributed by atoms with van der Waals surface area (Å²) in [5.74, 6) is 0.295. The van der Waals surface area contributed by atoms with Crippen LogP contribution < -0.4 is 5.32 Å². The third-order valence-electron chi connectivity index (χ3n) is 6.77. The van der Waals surface area contributed by atoms with Gasteiger partial charge in [-0.1, -0.05) is 6.07 Å². The maximum absolute atomic E-state index is 13.1. The third kappa shape index (κ3) is 5.52. The standard InChI is InChI=1S/C25H31N5O4/c1-18(21-6-2-3-11-26-21)27-22-8-7-20(17-23(22)30(33)34)25(32)29-14-9-19(10-15-29)16-24(31)28-12-4-5-13-28/h2-3,6-8,11,17-19,27H,4-5,9-10,12-16H2,1H3. The van der Waals surface area contributed by atoms with Crippen LogP contribution in [0.3, 0.4) is 0 Å². The summed E-state index contributed by atoms with van der Waals surface area (Å²) >= 11 is 0. The second-order valence-electron chi connectivity index (χ2n) is 9.14. The number of anilines is 1. The smallest absolute Gasteiger partial charge is 0.293 e. The Balaban J connectivity index is 1.38. The van der Waals surface area contributed by atoms with E-state index in [1.807, 2.05) is 30.0 Å². The molecule has 1 atom stereocenters. The van der Waals surface area contributed by atoms with Crippen LogP contribution in [0.1, 0.15) is 61.1 Å². The molecule has 34 heavy (non-hydrogen) atoms. The molecule has 0 radical (unpaired) electrons. The quantitative estimate of drug-likeness (QED) is 0.489. The van der Waals surface area contributed by atoms with Gasteiger partial charge in [0.25, 0.3) is 11.6 Å². The first kappa shape index (κ1) is 23.7. The highest BCUT2D eigenvalue weighted by molar-refractivity contribution is 5.95. The molecule has 2 aliphatic heterocycles. The van der Waals surface area contributed by atoms with E-state index in [4.69, 9.17) is 0 Å². The summed E-state index contributed by atoms with van der Waals surface area (Å²) in [4.78, 5) is 44.7. The average molecular weight is 466 g/mol. The number of hydrogen-bond acceptors (Lipinski definition) is 6. The largest absolute Gasteiger partial charge is 0.371 e. The van der Waals surface area contributed by atoms with Crippen molar-refractivity contribution in [2.45, 2.75) is 45.1 Å². The zero-order valence-electron chi connectivity index (χ0n) is 19.5. The molecule has 0 saturated carbocycles. The molecule has 2 saturated heterocycles. The van der Waals surface area contributed by atoms with E-state index in [1.54, 1.807) is 23.2 Å². The van der Waals surface area contributed by atoms with Gasteiger partial charge in [-0.15, -0.1) is 0 Å². The average Bonchev–Trinajstić information content (AvgIpc) is 3.40. The van der Waals surface area contributed by atoms with Crippen LogP contribution in [-0.2, 0) is 4.79 Å². The van der Waals surface area contributed by atoms with Crippen LogP contribution in [-0.4, -0.2) is 57.7 Å². The molecule has 2 aliphatic rings. The van der Waals surface area contributed by atoms with Gasteiger partial charge in [-0.3, -0.25) is 24.7 Å². The maximum atomic E-state index is 13.1. The lowest BCUT2D eigenvalue weighted by Gasteiger charge is -2.32. The summed E-state index contributed by atoms with van der Waals surface area (Å²) < 4.78 is 0. The van der Waals surface area contributed by atoms with Crippen molar-refractivity contribution in [3.05, 3.63) is 64.0 Å². The molecule has 9 nitrogen and oxygen atoms in total. The molecular weight excluding hydrogens is 434 g/mol. The molecule has 9 heteroatoms. The molecule has 1 aromatic carbocycles. The van der Waals surface area contributed by atoms with E-state index in [0.29, 0.717) is 30.8 Å². The van der Waals surface area contributed by atoms with Gasteiger partial charge in [-0.05, 0) is 62.8 Å². The highest BCUT2D eigenvalue weighted by Crippen LogP contribution is 2.30. The number of likely N-dealkylation sites (tertiary alicyclic amines) is 2. The zero-order chi connectivity index (χ0) is 24.1. The molecule has 1 unspecified atom stereocenters. The number of aromatic nitrogens is 1.